The Morgan fingerprint density at radius 2 is 1.82 bits per heavy atom. The van der Waals surface area contributed by atoms with E-state index in [0.29, 0.717) is 23.8 Å². The molecule has 1 aliphatic heterocycles. The van der Waals surface area contributed by atoms with Crippen LogP contribution in [0.25, 0.3) is 11.3 Å². The van der Waals surface area contributed by atoms with E-state index in [1.807, 2.05) is 24.3 Å². The van der Waals surface area contributed by atoms with E-state index in [9.17, 15) is 8.42 Å². The summed E-state index contributed by atoms with van der Waals surface area (Å²) in [4.78, 5) is 11.0. The van der Waals surface area contributed by atoms with E-state index in [0.717, 1.165) is 43.0 Å². The van der Waals surface area contributed by atoms with Crippen molar-refractivity contribution in [2.24, 2.45) is 11.1 Å². The molecule has 1 saturated heterocycles. The summed E-state index contributed by atoms with van der Waals surface area (Å²) >= 11 is 0. The number of hydrogen-bond donors (Lipinski definition) is 1. The maximum atomic E-state index is 11.2. The molecule has 2 N–H and O–H groups in total. The Balaban J connectivity index is 1.69. The van der Waals surface area contributed by atoms with Crippen molar-refractivity contribution in [2.45, 2.75) is 19.3 Å². The normalized spacial score (nSPS) is 15.5. The Kier molecular flexibility index (Phi) is 6.35. The molecular formula is C19H26N4O4S. The molecule has 0 spiro atoms. The number of methoxy groups -OCH3 is 2. The molecule has 9 heteroatoms. The van der Waals surface area contributed by atoms with Crippen molar-refractivity contribution in [1.29, 1.82) is 0 Å². The number of rotatable bonds is 7. The molecule has 1 fully saturated rings. The largest absolute Gasteiger partial charge is 0.493 e. The zero-order valence-corrected chi connectivity index (χ0v) is 17.0. The van der Waals surface area contributed by atoms with Gasteiger partial charge in [0.2, 0.25) is 10.0 Å². The lowest BCUT2D eigenvalue weighted by atomic mass is 9.94. The highest BCUT2D eigenvalue weighted by atomic mass is 32.2. The molecule has 152 valence electrons. The van der Waals surface area contributed by atoms with Gasteiger partial charge in [0.1, 0.15) is 12.1 Å². The number of anilines is 1. The lowest BCUT2D eigenvalue weighted by molar-refractivity contribution is 0.355. The van der Waals surface area contributed by atoms with E-state index in [4.69, 9.17) is 14.6 Å². The number of aromatic nitrogens is 2. The van der Waals surface area contributed by atoms with Crippen LogP contribution in [-0.4, -0.2) is 51.4 Å². The van der Waals surface area contributed by atoms with Crippen LogP contribution in [0, 0.1) is 5.92 Å². The highest BCUT2D eigenvalue weighted by Crippen LogP contribution is 2.32. The zero-order valence-electron chi connectivity index (χ0n) is 16.2. The third kappa shape index (κ3) is 5.11. The summed E-state index contributed by atoms with van der Waals surface area (Å²) in [6.45, 7) is 1.66. The summed E-state index contributed by atoms with van der Waals surface area (Å²) in [7, 11) is -0.181. The van der Waals surface area contributed by atoms with Gasteiger partial charge in [-0.25, -0.2) is 23.5 Å². The predicted octanol–water partition coefficient (Wildman–Crippen LogP) is 2.06. The first-order chi connectivity index (χ1) is 13.4. The van der Waals surface area contributed by atoms with Gasteiger partial charge in [0.05, 0.1) is 25.7 Å². The summed E-state index contributed by atoms with van der Waals surface area (Å²) in [6, 6.07) is 7.65. The van der Waals surface area contributed by atoms with E-state index < -0.39 is 10.0 Å². The fraction of sp³-hybridized carbons (Fsp3) is 0.474. The average Bonchev–Trinajstić information content (AvgIpc) is 2.71. The summed E-state index contributed by atoms with van der Waals surface area (Å²) in [5.74, 6) is 2.61. The Bertz CT molecular complexity index is 912. The molecule has 2 heterocycles. The van der Waals surface area contributed by atoms with Gasteiger partial charge in [-0.15, -0.1) is 0 Å². The van der Waals surface area contributed by atoms with Crippen LogP contribution in [0.3, 0.4) is 0 Å². The molecule has 0 aliphatic carbocycles. The maximum Gasteiger partial charge on any atom is 0.209 e. The Hall–Kier alpha value is -2.39. The van der Waals surface area contributed by atoms with Crippen LogP contribution in [0.15, 0.2) is 30.6 Å². The van der Waals surface area contributed by atoms with Crippen LogP contribution < -0.4 is 19.5 Å². The highest BCUT2D eigenvalue weighted by molar-refractivity contribution is 7.89. The number of ether oxygens (including phenoxy) is 2. The molecule has 3 rings (SSSR count). The van der Waals surface area contributed by atoms with Gasteiger partial charge in [-0.3, -0.25) is 0 Å². The van der Waals surface area contributed by atoms with E-state index in [2.05, 4.69) is 14.9 Å². The first-order valence-corrected chi connectivity index (χ1v) is 10.9. The number of primary sulfonamides is 1. The Morgan fingerprint density at radius 1 is 1.11 bits per heavy atom. The van der Waals surface area contributed by atoms with Crippen molar-refractivity contribution in [3.8, 4) is 22.8 Å². The monoisotopic (exact) mass is 406 g/mol. The number of nitrogens with zero attached hydrogens (tertiary/aromatic N) is 3. The molecule has 0 atom stereocenters. The lowest BCUT2D eigenvalue weighted by Crippen LogP contribution is -2.35. The lowest BCUT2D eigenvalue weighted by Gasteiger charge is -2.32. The smallest absolute Gasteiger partial charge is 0.209 e. The Labute approximate surface area is 165 Å². The van der Waals surface area contributed by atoms with Gasteiger partial charge in [-0.1, -0.05) is 0 Å². The number of benzene rings is 1. The third-order valence-corrected chi connectivity index (χ3v) is 5.89. The molecule has 0 radical (unpaired) electrons. The number of hydrogen-bond acceptors (Lipinski definition) is 7. The van der Waals surface area contributed by atoms with Gasteiger partial charge < -0.3 is 14.4 Å². The molecule has 8 nitrogen and oxygen atoms in total. The summed E-state index contributed by atoms with van der Waals surface area (Å²) < 4.78 is 33.0. The molecule has 1 aromatic heterocycles. The van der Waals surface area contributed by atoms with E-state index in [1.54, 1.807) is 20.5 Å². The first kappa shape index (κ1) is 20.3. The van der Waals surface area contributed by atoms with E-state index in [1.165, 1.54) is 0 Å². The molecule has 0 bridgehead atoms. The minimum absolute atomic E-state index is 0.0502. The van der Waals surface area contributed by atoms with Gasteiger partial charge in [0.15, 0.2) is 11.5 Å². The topological polar surface area (TPSA) is 108 Å². The third-order valence-electron chi connectivity index (χ3n) is 5.08. The minimum atomic E-state index is -3.39. The van der Waals surface area contributed by atoms with Gasteiger partial charge in [-0.2, -0.15) is 0 Å². The predicted molar refractivity (Wildman–Crippen MR) is 108 cm³/mol. The van der Waals surface area contributed by atoms with E-state index in [-0.39, 0.29) is 5.75 Å². The molecule has 28 heavy (non-hydrogen) atoms. The van der Waals surface area contributed by atoms with Crippen LogP contribution in [0.5, 0.6) is 11.5 Å². The average molecular weight is 407 g/mol. The second-order valence-electron chi connectivity index (χ2n) is 6.92. The van der Waals surface area contributed by atoms with Gasteiger partial charge >= 0.3 is 0 Å². The second kappa shape index (κ2) is 8.74. The number of nitrogens with two attached hydrogens (primary N) is 1. The molecule has 0 unspecified atom stereocenters. The molecule has 0 amide bonds. The van der Waals surface area contributed by atoms with Crippen molar-refractivity contribution in [1.82, 2.24) is 9.97 Å². The second-order valence-corrected chi connectivity index (χ2v) is 8.65. The standard InChI is InChI=1S/C19H26N4O4S/c1-26-17-4-3-15(11-18(17)27-2)16-12-19(22-13-21-16)23-8-5-14(6-9-23)7-10-28(20,24)25/h3-4,11-14H,5-10H2,1-2H3,(H2,20,24,25). The van der Waals surface area contributed by atoms with Crippen LogP contribution in [0.4, 0.5) is 5.82 Å². The summed E-state index contributed by atoms with van der Waals surface area (Å²) in [6.07, 6.45) is 4.03. The summed E-state index contributed by atoms with van der Waals surface area (Å²) in [5.41, 5.74) is 1.73. The van der Waals surface area contributed by atoms with Gasteiger partial charge in [0, 0.05) is 24.7 Å². The fourth-order valence-electron chi connectivity index (χ4n) is 3.46. The van der Waals surface area contributed by atoms with Gasteiger partial charge in [-0.05, 0) is 43.4 Å². The van der Waals surface area contributed by atoms with Crippen molar-refractivity contribution < 1.29 is 17.9 Å². The van der Waals surface area contributed by atoms with Crippen molar-refractivity contribution in [3.05, 3.63) is 30.6 Å². The van der Waals surface area contributed by atoms with Crippen LogP contribution in [-0.2, 0) is 10.0 Å². The molecule has 1 aliphatic rings. The fourth-order valence-corrected chi connectivity index (χ4v) is 4.12. The Morgan fingerprint density at radius 3 is 2.46 bits per heavy atom. The van der Waals surface area contributed by atoms with Crippen LogP contribution in [0.2, 0.25) is 0 Å². The van der Waals surface area contributed by atoms with Crippen LogP contribution in [0.1, 0.15) is 19.3 Å². The number of sulfonamides is 1. The molecule has 1 aromatic carbocycles. The SMILES string of the molecule is COc1ccc(-c2cc(N3CCC(CCS(N)(=O)=O)CC3)ncn2)cc1OC. The molecule has 2 aromatic rings. The zero-order chi connectivity index (χ0) is 20.1. The molecular weight excluding hydrogens is 380 g/mol. The molecule has 0 saturated carbocycles. The minimum Gasteiger partial charge on any atom is -0.493 e. The summed E-state index contributed by atoms with van der Waals surface area (Å²) in [5, 5.41) is 5.11. The quantitative estimate of drug-likeness (QED) is 0.750. The van der Waals surface area contributed by atoms with Crippen LogP contribution >= 0.6 is 0 Å². The highest BCUT2D eigenvalue weighted by Gasteiger charge is 2.22. The van der Waals surface area contributed by atoms with Crippen molar-refractivity contribution in [2.75, 3.05) is 38.0 Å². The number of piperidine rings is 1. The van der Waals surface area contributed by atoms with Gasteiger partial charge in [0.25, 0.3) is 0 Å². The van der Waals surface area contributed by atoms with E-state index >= 15 is 0 Å². The van der Waals surface area contributed by atoms with Crippen molar-refractivity contribution >= 4 is 15.8 Å². The first-order valence-electron chi connectivity index (χ1n) is 9.19. The van der Waals surface area contributed by atoms with Crippen molar-refractivity contribution in [3.63, 3.8) is 0 Å². The maximum absolute atomic E-state index is 11.2.